The zero-order valence-corrected chi connectivity index (χ0v) is 12.8. The maximum atomic E-state index is 13.6. The minimum absolute atomic E-state index is 0.0236. The lowest BCUT2D eigenvalue weighted by molar-refractivity contribution is 0.101. The molecule has 3 aromatic rings. The Morgan fingerprint density at radius 2 is 1.91 bits per heavy atom. The average molecular weight is 330 g/mol. The molecule has 0 aliphatic heterocycles. The van der Waals surface area contributed by atoms with Crippen LogP contribution in [0.25, 0.3) is 5.69 Å². The first-order valence-electron chi connectivity index (χ1n) is 6.85. The number of imidazole rings is 1. The van der Waals surface area contributed by atoms with Gasteiger partial charge in [0.1, 0.15) is 11.6 Å². The fourth-order valence-electron chi connectivity index (χ4n) is 2.10. The van der Waals surface area contributed by atoms with E-state index in [-0.39, 0.29) is 11.3 Å². The largest absolute Gasteiger partial charge is 0.295 e. The second-order valence-corrected chi connectivity index (χ2v) is 5.69. The Balaban J connectivity index is 1.76. The summed E-state index contributed by atoms with van der Waals surface area (Å²) >= 11 is 1.18. The summed E-state index contributed by atoms with van der Waals surface area (Å²) in [4.78, 5) is 16.3. The fourth-order valence-corrected chi connectivity index (χ4v) is 2.96. The number of para-hydroxylation sites is 1. The van der Waals surface area contributed by atoms with Crippen molar-refractivity contribution in [2.75, 3.05) is 5.75 Å². The molecular formula is C17H12F2N2OS. The quantitative estimate of drug-likeness (QED) is 0.521. The number of thioether (sulfide) groups is 1. The van der Waals surface area contributed by atoms with Crippen LogP contribution >= 0.6 is 11.8 Å². The van der Waals surface area contributed by atoms with E-state index in [4.69, 9.17) is 0 Å². The number of carbonyl (C=O) groups is 1. The maximum absolute atomic E-state index is 13.6. The Morgan fingerprint density at radius 3 is 2.70 bits per heavy atom. The molecular weight excluding hydrogens is 318 g/mol. The van der Waals surface area contributed by atoms with Crippen molar-refractivity contribution in [3.05, 3.63) is 78.1 Å². The van der Waals surface area contributed by atoms with Crippen LogP contribution in [0.3, 0.4) is 0 Å². The van der Waals surface area contributed by atoms with Crippen LogP contribution in [-0.2, 0) is 0 Å². The zero-order valence-electron chi connectivity index (χ0n) is 11.9. The summed E-state index contributed by atoms with van der Waals surface area (Å²) in [6.07, 6.45) is 3.41. The van der Waals surface area contributed by atoms with E-state index in [9.17, 15) is 13.6 Å². The number of benzene rings is 2. The van der Waals surface area contributed by atoms with E-state index in [0.29, 0.717) is 5.16 Å². The highest BCUT2D eigenvalue weighted by molar-refractivity contribution is 7.99. The van der Waals surface area contributed by atoms with E-state index in [0.717, 1.165) is 23.9 Å². The van der Waals surface area contributed by atoms with E-state index < -0.39 is 17.4 Å². The number of rotatable bonds is 5. The predicted molar refractivity (Wildman–Crippen MR) is 85.0 cm³/mol. The van der Waals surface area contributed by atoms with Gasteiger partial charge in [0.25, 0.3) is 0 Å². The maximum Gasteiger partial charge on any atom is 0.176 e. The molecule has 0 fully saturated rings. The van der Waals surface area contributed by atoms with Crippen molar-refractivity contribution in [3.8, 4) is 5.69 Å². The van der Waals surface area contributed by atoms with E-state index in [2.05, 4.69) is 4.98 Å². The molecule has 0 atom stereocenters. The summed E-state index contributed by atoms with van der Waals surface area (Å²) in [6.45, 7) is 0. The van der Waals surface area contributed by atoms with Gasteiger partial charge in [0.15, 0.2) is 10.9 Å². The number of carbonyl (C=O) groups excluding carboxylic acids is 1. The smallest absolute Gasteiger partial charge is 0.176 e. The van der Waals surface area contributed by atoms with Crippen LogP contribution in [0.15, 0.2) is 66.1 Å². The second-order valence-electron chi connectivity index (χ2n) is 4.75. The first-order valence-corrected chi connectivity index (χ1v) is 7.83. The van der Waals surface area contributed by atoms with Gasteiger partial charge in [0, 0.05) is 18.1 Å². The predicted octanol–water partition coefficient (Wildman–Crippen LogP) is 4.13. The van der Waals surface area contributed by atoms with Crippen molar-refractivity contribution < 1.29 is 13.6 Å². The minimum Gasteiger partial charge on any atom is -0.295 e. The molecule has 1 heterocycles. The Morgan fingerprint density at radius 1 is 1.13 bits per heavy atom. The molecule has 2 aromatic carbocycles. The summed E-state index contributed by atoms with van der Waals surface area (Å²) in [7, 11) is 0. The van der Waals surface area contributed by atoms with Gasteiger partial charge in [-0.05, 0) is 30.3 Å². The average Bonchev–Trinajstić information content (AvgIpc) is 3.04. The molecule has 0 spiro atoms. The lowest BCUT2D eigenvalue weighted by Crippen LogP contribution is -2.07. The van der Waals surface area contributed by atoms with Gasteiger partial charge in [0.2, 0.25) is 0 Å². The van der Waals surface area contributed by atoms with Crippen LogP contribution in [0, 0.1) is 11.6 Å². The lowest BCUT2D eigenvalue weighted by atomic mass is 10.1. The Bertz CT molecular complexity index is 834. The van der Waals surface area contributed by atoms with Gasteiger partial charge in [-0.1, -0.05) is 30.0 Å². The van der Waals surface area contributed by atoms with Gasteiger partial charge in [-0.15, -0.1) is 0 Å². The number of halogens is 2. The van der Waals surface area contributed by atoms with Gasteiger partial charge >= 0.3 is 0 Å². The molecule has 0 radical (unpaired) electrons. The van der Waals surface area contributed by atoms with Crippen molar-refractivity contribution in [2.24, 2.45) is 0 Å². The van der Waals surface area contributed by atoms with E-state index >= 15 is 0 Å². The topological polar surface area (TPSA) is 34.9 Å². The highest BCUT2D eigenvalue weighted by Crippen LogP contribution is 2.22. The normalized spacial score (nSPS) is 10.7. The highest BCUT2D eigenvalue weighted by atomic mass is 32.2. The first-order chi connectivity index (χ1) is 11.1. The van der Waals surface area contributed by atoms with Crippen molar-refractivity contribution in [1.29, 1.82) is 0 Å². The van der Waals surface area contributed by atoms with Crippen molar-refractivity contribution in [1.82, 2.24) is 9.55 Å². The number of hydrogen-bond donors (Lipinski definition) is 0. The molecule has 0 saturated heterocycles. The number of ketones is 1. The number of hydrogen-bond acceptors (Lipinski definition) is 3. The highest BCUT2D eigenvalue weighted by Gasteiger charge is 2.15. The third-order valence-corrected chi connectivity index (χ3v) is 4.17. The van der Waals surface area contributed by atoms with Gasteiger partial charge in [-0.25, -0.2) is 13.8 Å². The Labute approximate surface area is 136 Å². The summed E-state index contributed by atoms with van der Waals surface area (Å²) in [5, 5.41) is 0.612. The Hall–Kier alpha value is -2.47. The van der Waals surface area contributed by atoms with E-state index in [1.54, 1.807) is 12.4 Å². The van der Waals surface area contributed by atoms with Crippen LogP contribution in [0.5, 0.6) is 0 Å². The summed E-state index contributed by atoms with van der Waals surface area (Å²) < 4.78 is 28.6. The molecule has 0 unspecified atom stereocenters. The number of Topliss-reactive ketones (excluding diaryl/α,β-unsaturated/α-hetero) is 1. The molecule has 6 heteroatoms. The first kappa shape index (κ1) is 15.4. The number of aromatic nitrogens is 2. The molecule has 1 aromatic heterocycles. The molecule has 3 nitrogen and oxygen atoms in total. The van der Waals surface area contributed by atoms with Crippen LogP contribution in [-0.4, -0.2) is 21.1 Å². The van der Waals surface area contributed by atoms with Crippen molar-refractivity contribution in [2.45, 2.75) is 5.16 Å². The van der Waals surface area contributed by atoms with Crippen LogP contribution in [0.4, 0.5) is 8.78 Å². The fraction of sp³-hybridized carbons (Fsp3) is 0.0588. The summed E-state index contributed by atoms with van der Waals surface area (Å²) in [5.41, 5.74) is 0.673. The summed E-state index contributed by atoms with van der Waals surface area (Å²) in [5.74, 6) is -1.85. The van der Waals surface area contributed by atoms with Gasteiger partial charge in [-0.3, -0.25) is 9.36 Å². The van der Waals surface area contributed by atoms with Crippen LogP contribution < -0.4 is 0 Å². The number of nitrogens with zero attached hydrogens (tertiary/aromatic N) is 2. The van der Waals surface area contributed by atoms with E-state index in [1.807, 2.05) is 34.9 Å². The SMILES string of the molecule is O=C(CSc1nccn1-c1ccccc1)c1cc(F)ccc1F. The van der Waals surface area contributed by atoms with Crippen LogP contribution in [0.2, 0.25) is 0 Å². The molecule has 0 saturated carbocycles. The Kier molecular flexibility index (Phi) is 4.52. The summed E-state index contributed by atoms with van der Waals surface area (Å²) in [6, 6.07) is 12.4. The standard InChI is InChI=1S/C17H12F2N2OS/c18-12-6-7-15(19)14(10-12)16(22)11-23-17-20-8-9-21(17)13-4-2-1-3-5-13/h1-10H,11H2. The van der Waals surface area contributed by atoms with E-state index in [1.165, 1.54) is 11.8 Å². The third kappa shape index (κ3) is 3.48. The third-order valence-electron chi connectivity index (χ3n) is 3.20. The monoisotopic (exact) mass is 330 g/mol. The molecule has 0 amide bonds. The molecule has 116 valence electrons. The van der Waals surface area contributed by atoms with Crippen LogP contribution in [0.1, 0.15) is 10.4 Å². The van der Waals surface area contributed by atoms with Gasteiger partial charge < -0.3 is 0 Å². The van der Waals surface area contributed by atoms with Crippen molar-refractivity contribution in [3.63, 3.8) is 0 Å². The lowest BCUT2D eigenvalue weighted by Gasteiger charge is -2.07. The molecule has 23 heavy (non-hydrogen) atoms. The molecule has 0 N–H and O–H groups in total. The molecule has 0 aliphatic carbocycles. The molecule has 3 rings (SSSR count). The molecule has 0 aliphatic rings. The minimum atomic E-state index is -0.719. The van der Waals surface area contributed by atoms with Gasteiger partial charge in [0.05, 0.1) is 11.3 Å². The molecule has 0 bridgehead atoms. The zero-order chi connectivity index (χ0) is 16.2. The van der Waals surface area contributed by atoms with Gasteiger partial charge in [-0.2, -0.15) is 0 Å². The second kappa shape index (κ2) is 6.75. The van der Waals surface area contributed by atoms with Crippen molar-refractivity contribution >= 4 is 17.5 Å².